The van der Waals surface area contributed by atoms with Crippen LogP contribution in [0.3, 0.4) is 0 Å². The quantitative estimate of drug-likeness (QED) is 0.322. The number of nitrogens with one attached hydrogen (secondary N) is 1. The Labute approximate surface area is 184 Å². The van der Waals surface area contributed by atoms with Gasteiger partial charge in [-0.05, 0) is 54.1 Å². The first-order valence-corrected chi connectivity index (χ1v) is 11.4. The van der Waals surface area contributed by atoms with Crippen LogP contribution >= 0.6 is 23.5 Å². The lowest BCUT2D eigenvalue weighted by molar-refractivity contribution is 0.0996. The van der Waals surface area contributed by atoms with Crippen LogP contribution in [0.4, 0.5) is 5.69 Å². The second kappa shape index (κ2) is 10.2. The van der Waals surface area contributed by atoms with Gasteiger partial charge < -0.3 is 9.73 Å². The van der Waals surface area contributed by atoms with Crippen LogP contribution in [0.15, 0.2) is 106 Å². The summed E-state index contributed by atoms with van der Waals surface area (Å²) in [6, 6.07) is 23.8. The van der Waals surface area contributed by atoms with E-state index < -0.39 is 0 Å². The summed E-state index contributed by atoms with van der Waals surface area (Å²) in [5.74, 6) is 1.65. The lowest BCUT2D eigenvalue weighted by Gasteiger charge is -2.07. The van der Waals surface area contributed by atoms with Gasteiger partial charge in [0.1, 0.15) is 0 Å². The Morgan fingerprint density at radius 2 is 1.63 bits per heavy atom. The van der Waals surface area contributed by atoms with Crippen molar-refractivity contribution in [2.45, 2.75) is 21.3 Å². The Bertz CT molecular complexity index is 1080. The van der Waals surface area contributed by atoms with E-state index >= 15 is 0 Å². The molecule has 0 saturated carbocycles. The van der Waals surface area contributed by atoms with Gasteiger partial charge in [0.05, 0.1) is 6.26 Å². The number of pyridine rings is 1. The third kappa shape index (κ3) is 5.55. The van der Waals surface area contributed by atoms with Gasteiger partial charge in [-0.3, -0.25) is 9.78 Å². The van der Waals surface area contributed by atoms with Gasteiger partial charge in [0.25, 0.3) is 5.91 Å². The van der Waals surface area contributed by atoms with Crippen molar-refractivity contribution in [3.05, 3.63) is 108 Å². The maximum absolute atomic E-state index is 12.7. The molecule has 0 spiro atoms. The fourth-order valence-corrected chi connectivity index (χ4v) is 4.53. The number of furan rings is 1. The van der Waals surface area contributed by atoms with Gasteiger partial charge in [0.2, 0.25) is 0 Å². The first kappa shape index (κ1) is 20.3. The number of benzene rings is 2. The minimum atomic E-state index is -0.237. The molecule has 0 aliphatic rings. The number of carbonyl (C=O) groups excluding carboxylic acids is 1. The molecular formula is C24H20N2O2S2. The average molecular weight is 433 g/mol. The lowest BCUT2D eigenvalue weighted by atomic mass is 10.2. The molecule has 1 amide bonds. The predicted molar refractivity (Wildman–Crippen MR) is 123 cm³/mol. The van der Waals surface area contributed by atoms with Gasteiger partial charge in [-0.25, -0.2) is 0 Å². The Morgan fingerprint density at radius 3 is 2.40 bits per heavy atom. The van der Waals surface area contributed by atoms with Crippen LogP contribution in [0.5, 0.6) is 0 Å². The molecule has 2 aromatic carbocycles. The van der Waals surface area contributed by atoms with Crippen LogP contribution in [-0.2, 0) is 11.5 Å². The van der Waals surface area contributed by atoms with Gasteiger partial charge in [-0.1, -0.05) is 24.3 Å². The summed E-state index contributed by atoms with van der Waals surface area (Å²) >= 11 is 3.41. The summed E-state index contributed by atoms with van der Waals surface area (Å²) in [7, 11) is 0. The van der Waals surface area contributed by atoms with Crippen LogP contribution < -0.4 is 5.32 Å². The van der Waals surface area contributed by atoms with Crippen molar-refractivity contribution in [2.75, 3.05) is 5.32 Å². The molecule has 0 fully saturated rings. The van der Waals surface area contributed by atoms with E-state index in [9.17, 15) is 4.79 Å². The zero-order valence-corrected chi connectivity index (χ0v) is 17.8. The minimum absolute atomic E-state index is 0.237. The lowest BCUT2D eigenvalue weighted by Crippen LogP contribution is -2.12. The summed E-state index contributed by atoms with van der Waals surface area (Å²) in [5.41, 5.74) is 2.80. The molecule has 150 valence electrons. The summed E-state index contributed by atoms with van der Waals surface area (Å²) in [6.07, 6.45) is 5.21. The molecule has 2 aromatic heterocycles. The van der Waals surface area contributed by atoms with Crippen LogP contribution in [0, 0.1) is 0 Å². The monoisotopic (exact) mass is 432 g/mol. The van der Waals surface area contributed by atoms with Gasteiger partial charge in [0.15, 0.2) is 5.76 Å². The highest BCUT2D eigenvalue weighted by Crippen LogP contribution is 2.26. The molecule has 4 aromatic rings. The summed E-state index contributed by atoms with van der Waals surface area (Å²) in [5, 5.41) is 2.92. The highest BCUT2D eigenvalue weighted by molar-refractivity contribution is 7.98. The average Bonchev–Trinajstić information content (AvgIpc) is 3.27. The molecule has 2 heterocycles. The number of nitrogens with zero attached hydrogens (tertiary/aromatic N) is 1. The maximum atomic E-state index is 12.7. The van der Waals surface area contributed by atoms with Crippen molar-refractivity contribution in [1.82, 2.24) is 4.98 Å². The number of aromatic nitrogens is 1. The molecule has 30 heavy (non-hydrogen) atoms. The van der Waals surface area contributed by atoms with Crippen molar-refractivity contribution in [1.29, 1.82) is 0 Å². The molecule has 0 saturated heterocycles. The summed E-state index contributed by atoms with van der Waals surface area (Å²) < 4.78 is 5.46. The van der Waals surface area contributed by atoms with Crippen LogP contribution in [-0.4, -0.2) is 10.9 Å². The number of hydrogen-bond donors (Lipinski definition) is 1. The number of hydrogen-bond acceptors (Lipinski definition) is 5. The van der Waals surface area contributed by atoms with E-state index in [4.69, 9.17) is 4.42 Å². The minimum Gasteiger partial charge on any atom is -0.459 e. The van der Waals surface area contributed by atoms with Crippen molar-refractivity contribution in [3.8, 4) is 0 Å². The second-order valence-electron chi connectivity index (χ2n) is 6.51. The first-order valence-electron chi connectivity index (χ1n) is 9.45. The Morgan fingerprint density at radius 1 is 0.867 bits per heavy atom. The number of carbonyl (C=O) groups is 1. The second-order valence-corrected chi connectivity index (χ2v) is 8.60. The van der Waals surface area contributed by atoms with E-state index in [1.807, 2.05) is 60.8 Å². The molecule has 4 rings (SSSR count). The van der Waals surface area contributed by atoms with E-state index in [1.54, 1.807) is 36.0 Å². The van der Waals surface area contributed by atoms with Crippen LogP contribution in [0.1, 0.15) is 21.7 Å². The first-order chi connectivity index (χ1) is 14.8. The summed E-state index contributed by atoms with van der Waals surface area (Å²) in [6.45, 7) is 0. The Hall–Kier alpha value is -2.96. The van der Waals surface area contributed by atoms with E-state index in [2.05, 4.69) is 28.5 Å². The van der Waals surface area contributed by atoms with Crippen LogP contribution in [0.2, 0.25) is 0 Å². The largest absolute Gasteiger partial charge is 0.459 e. The number of amides is 1. The van der Waals surface area contributed by atoms with Gasteiger partial charge >= 0.3 is 0 Å². The SMILES string of the molecule is O=C(Nc1ccc(SCc2cccnc2)cc1)c1occc1CSc1ccccc1. The third-order valence-corrected chi connectivity index (χ3v) is 6.48. The zero-order chi connectivity index (χ0) is 20.6. The molecule has 0 unspecified atom stereocenters. The van der Waals surface area contributed by atoms with Gasteiger partial charge in [-0.15, -0.1) is 23.5 Å². The van der Waals surface area contributed by atoms with E-state index in [1.165, 1.54) is 5.56 Å². The maximum Gasteiger partial charge on any atom is 0.291 e. The highest BCUT2D eigenvalue weighted by Gasteiger charge is 2.16. The zero-order valence-electron chi connectivity index (χ0n) is 16.2. The van der Waals surface area contributed by atoms with Crippen molar-refractivity contribution in [2.24, 2.45) is 0 Å². The van der Waals surface area contributed by atoms with Crippen molar-refractivity contribution in [3.63, 3.8) is 0 Å². The number of thioether (sulfide) groups is 2. The number of rotatable bonds is 8. The Balaban J connectivity index is 1.33. The van der Waals surface area contributed by atoms with Crippen LogP contribution in [0.25, 0.3) is 0 Å². The fraction of sp³-hybridized carbons (Fsp3) is 0.0833. The normalized spacial score (nSPS) is 10.7. The fourth-order valence-electron chi connectivity index (χ4n) is 2.80. The molecule has 0 atom stereocenters. The molecule has 0 aliphatic heterocycles. The number of anilines is 1. The Kier molecular flexibility index (Phi) is 6.90. The van der Waals surface area contributed by atoms with E-state index in [-0.39, 0.29) is 5.91 Å². The topological polar surface area (TPSA) is 55.1 Å². The standard InChI is InChI=1S/C24H20N2O2S2/c27-24(23-19(12-14-28-23)17-30-21-6-2-1-3-7-21)26-20-8-10-22(11-9-20)29-16-18-5-4-13-25-15-18/h1-15H,16-17H2,(H,26,27). The third-order valence-electron chi connectivity index (χ3n) is 4.33. The highest BCUT2D eigenvalue weighted by atomic mass is 32.2. The molecule has 0 bridgehead atoms. The molecular weight excluding hydrogens is 412 g/mol. The molecule has 0 aliphatic carbocycles. The smallest absolute Gasteiger partial charge is 0.291 e. The van der Waals surface area contributed by atoms with E-state index in [0.717, 1.165) is 26.8 Å². The van der Waals surface area contributed by atoms with Gasteiger partial charge in [0, 0.05) is 44.9 Å². The van der Waals surface area contributed by atoms with Crippen molar-refractivity contribution < 1.29 is 9.21 Å². The predicted octanol–water partition coefficient (Wildman–Crippen LogP) is 6.51. The molecule has 6 heteroatoms. The summed E-state index contributed by atoms with van der Waals surface area (Å²) in [4.78, 5) is 19.1. The molecule has 1 N–H and O–H groups in total. The van der Waals surface area contributed by atoms with E-state index in [0.29, 0.717) is 11.5 Å². The molecule has 0 radical (unpaired) electrons. The van der Waals surface area contributed by atoms with Crippen molar-refractivity contribution >= 4 is 35.1 Å². The van der Waals surface area contributed by atoms with Gasteiger partial charge in [-0.2, -0.15) is 0 Å². The molecule has 4 nitrogen and oxygen atoms in total.